The number of hydrogen-bond acceptors (Lipinski definition) is 3. The van der Waals surface area contributed by atoms with Crippen LogP contribution in [0.1, 0.15) is 19.8 Å². The van der Waals surface area contributed by atoms with E-state index in [-0.39, 0.29) is 6.54 Å². The van der Waals surface area contributed by atoms with E-state index < -0.39 is 5.97 Å². The lowest BCUT2D eigenvalue weighted by Gasteiger charge is -2.18. The van der Waals surface area contributed by atoms with E-state index in [4.69, 9.17) is 9.84 Å². The third kappa shape index (κ3) is 7.74. The van der Waals surface area contributed by atoms with Gasteiger partial charge in [-0.3, -0.25) is 9.69 Å². The number of hydrogen-bond donors (Lipinski definition) is 1. The Kier molecular flexibility index (Phi) is 7.63. The van der Waals surface area contributed by atoms with Gasteiger partial charge in [-0.1, -0.05) is 6.92 Å². The SMILES string of the molecule is CCCN(CCCOC)CC(=O)O. The lowest BCUT2D eigenvalue weighted by atomic mass is 10.3. The van der Waals surface area contributed by atoms with Crippen LogP contribution >= 0.6 is 0 Å². The van der Waals surface area contributed by atoms with Crippen molar-refractivity contribution in [2.24, 2.45) is 0 Å². The largest absolute Gasteiger partial charge is 0.480 e. The Morgan fingerprint density at radius 3 is 2.62 bits per heavy atom. The Balaban J connectivity index is 3.59. The molecule has 0 heterocycles. The van der Waals surface area contributed by atoms with Crippen LogP contribution in [-0.4, -0.2) is 49.3 Å². The van der Waals surface area contributed by atoms with Crippen LogP contribution in [0.5, 0.6) is 0 Å². The number of ether oxygens (including phenoxy) is 1. The quantitative estimate of drug-likeness (QED) is 0.574. The lowest BCUT2D eigenvalue weighted by Crippen LogP contribution is -2.31. The first kappa shape index (κ1) is 12.4. The number of methoxy groups -OCH3 is 1. The van der Waals surface area contributed by atoms with Gasteiger partial charge in [-0.05, 0) is 19.4 Å². The molecule has 13 heavy (non-hydrogen) atoms. The van der Waals surface area contributed by atoms with E-state index in [1.165, 1.54) is 0 Å². The van der Waals surface area contributed by atoms with Gasteiger partial charge in [0.05, 0.1) is 6.54 Å². The molecule has 0 aliphatic heterocycles. The van der Waals surface area contributed by atoms with Gasteiger partial charge in [0.15, 0.2) is 0 Å². The average Bonchev–Trinajstić information content (AvgIpc) is 2.04. The molecular formula is C9H19NO3. The summed E-state index contributed by atoms with van der Waals surface area (Å²) >= 11 is 0. The Labute approximate surface area is 79.5 Å². The summed E-state index contributed by atoms with van der Waals surface area (Å²) in [6, 6.07) is 0. The van der Waals surface area contributed by atoms with Crippen molar-refractivity contribution < 1.29 is 14.6 Å². The Hall–Kier alpha value is -0.610. The minimum Gasteiger partial charge on any atom is -0.480 e. The maximum Gasteiger partial charge on any atom is 0.317 e. The van der Waals surface area contributed by atoms with Crippen LogP contribution in [0.4, 0.5) is 0 Å². The summed E-state index contributed by atoms with van der Waals surface area (Å²) in [5.74, 6) is -0.758. The molecule has 0 rings (SSSR count). The van der Waals surface area contributed by atoms with E-state index in [1.807, 2.05) is 11.8 Å². The van der Waals surface area contributed by atoms with Gasteiger partial charge >= 0.3 is 5.97 Å². The average molecular weight is 189 g/mol. The van der Waals surface area contributed by atoms with Gasteiger partial charge in [0.2, 0.25) is 0 Å². The van der Waals surface area contributed by atoms with Crippen molar-refractivity contribution in [2.75, 3.05) is 33.4 Å². The van der Waals surface area contributed by atoms with Crippen molar-refractivity contribution in [1.29, 1.82) is 0 Å². The number of nitrogens with zero attached hydrogens (tertiary/aromatic N) is 1. The second-order valence-corrected chi connectivity index (χ2v) is 3.02. The van der Waals surface area contributed by atoms with Crippen molar-refractivity contribution in [2.45, 2.75) is 19.8 Å². The first-order valence-electron chi connectivity index (χ1n) is 4.63. The third-order valence-electron chi connectivity index (χ3n) is 1.72. The standard InChI is InChI=1S/C9H19NO3/c1-3-5-10(8-9(11)12)6-4-7-13-2/h3-8H2,1-2H3,(H,11,12). The summed E-state index contributed by atoms with van der Waals surface area (Å²) in [5.41, 5.74) is 0. The molecule has 0 fully saturated rings. The van der Waals surface area contributed by atoms with E-state index in [0.29, 0.717) is 6.61 Å². The van der Waals surface area contributed by atoms with Crippen molar-refractivity contribution in [3.63, 3.8) is 0 Å². The highest BCUT2D eigenvalue weighted by Gasteiger charge is 2.07. The molecule has 0 saturated heterocycles. The fraction of sp³-hybridized carbons (Fsp3) is 0.889. The van der Waals surface area contributed by atoms with Crippen molar-refractivity contribution in [3.05, 3.63) is 0 Å². The second-order valence-electron chi connectivity index (χ2n) is 3.02. The van der Waals surface area contributed by atoms with Crippen molar-refractivity contribution >= 4 is 5.97 Å². The normalized spacial score (nSPS) is 10.7. The highest BCUT2D eigenvalue weighted by atomic mass is 16.5. The molecule has 4 nitrogen and oxygen atoms in total. The number of carboxylic acids is 1. The van der Waals surface area contributed by atoms with Crippen LogP contribution in [0.3, 0.4) is 0 Å². The van der Waals surface area contributed by atoms with Gasteiger partial charge in [-0.2, -0.15) is 0 Å². The first-order chi connectivity index (χ1) is 6.20. The molecule has 0 aromatic carbocycles. The minimum absolute atomic E-state index is 0.136. The molecular weight excluding hydrogens is 170 g/mol. The van der Waals surface area contributed by atoms with Gasteiger partial charge in [0.25, 0.3) is 0 Å². The molecule has 0 amide bonds. The number of carboxylic acid groups (broad SMARTS) is 1. The van der Waals surface area contributed by atoms with Crippen LogP contribution in [0.25, 0.3) is 0 Å². The zero-order chi connectivity index (χ0) is 10.1. The van der Waals surface area contributed by atoms with Gasteiger partial charge in [0, 0.05) is 20.3 Å². The molecule has 0 spiro atoms. The Morgan fingerprint density at radius 2 is 2.15 bits per heavy atom. The Bertz CT molecular complexity index is 139. The maximum absolute atomic E-state index is 10.4. The number of aliphatic carboxylic acids is 1. The summed E-state index contributed by atoms with van der Waals surface area (Å²) in [4.78, 5) is 12.4. The second kappa shape index (κ2) is 8.01. The molecule has 0 aromatic heterocycles. The summed E-state index contributed by atoms with van der Waals surface area (Å²) < 4.78 is 4.90. The van der Waals surface area contributed by atoms with Gasteiger partial charge in [-0.15, -0.1) is 0 Å². The van der Waals surface area contributed by atoms with Gasteiger partial charge < -0.3 is 9.84 Å². The maximum atomic E-state index is 10.4. The summed E-state index contributed by atoms with van der Waals surface area (Å²) in [5, 5.41) is 8.59. The van der Waals surface area contributed by atoms with Gasteiger partial charge in [-0.25, -0.2) is 0 Å². The van der Waals surface area contributed by atoms with Crippen LogP contribution in [0.15, 0.2) is 0 Å². The Morgan fingerprint density at radius 1 is 1.46 bits per heavy atom. The molecule has 0 saturated carbocycles. The highest BCUT2D eigenvalue weighted by Crippen LogP contribution is 1.94. The molecule has 0 aliphatic rings. The van der Waals surface area contributed by atoms with Crippen LogP contribution in [0.2, 0.25) is 0 Å². The fourth-order valence-electron chi connectivity index (χ4n) is 1.21. The smallest absolute Gasteiger partial charge is 0.317 e. The van der Waals surface area contributed by atoms with Gasteiger partial charge in [0.1, 0.15) is 0 Å². The molecule has 0 unspecified atom stereocenters. The molecule has 0 radical (unpaired) electrons. The van der Waals surface area contributed by atoms with Crippen LogP contribution < -0.4 is 0 Å². The number of rotatable bonds is 8. The highest BCUT2D eigenvalue weighted by molar-refractivity contribution is 5.69. The monoisotopic (exact) mass is 189 g/mol. The summed E-state index contributed by atoms with van der Waals surface area (Å²) in [7, 11) is 1.65. The predicted octanol–water partition coefficient (Wildman–Crippen LogP) is 0.820. The zero-order valence-electron chi connectivity index (χ0n) is 8.45. The molecule has 0 bridgehead atoms. The van der Waals surface area contributed by atoms with E-state index in [0.717, 1.165) is 25.9 Å². The molecule has 4 heteroatoms. The van der Waals surface area contributed by atoms with Crippen LogP contribution in [0, 0.1) is 0 Å². The topological polar surface area (TPSA) is 49.8 Å². The van der Waals surface area contributed by atoms with E-state index in [9.17, 15) is 4.79 Å². The zero-order valence-corrected chi connectivity index (χ0v) is 8.45. The lowest BCUT2D eigenvalue weighted by molar-refractivity contribution is -0.138. The van der Waals surface area contributed by atoms with E-state index in [1.54, 1.807) is 7.11 Å². The third-order valence-corrected chi connectivity index (χ3v) is 1.72. The van der Waals surface area contributed by atoms with Crippen LogP contribution in [-0.2, 0) is 9.53 Å². The molecule has 0 aliphatic carbocycles. The molecule has 0 atom stereocenters. The summed E-state index contributed by atoms with van der Waals surface area (Å²) in [6.07, 6.45) is 1.88. The molecule has 1 N–H and O–H groups in total. The minimum atomic E-state index is -0.758. The fourth-order valence-corrected chi connectivity index (χ4v) is 1.21. The first-order valence-corrected chi connectivity index (χ1v) is 4.63. The summed E-state index contributed by atoms with van der Waals surface area (Å²) in [6.45, 7) is 4.52. The van der Waals surface area contributed by atoms with E-state index >= 15 is 0 Å². The van der Waals surface area contributed by atoms with Crippen molar-refractivity contribution in [3.8, 4) is 0 Å². The molecule has 0 aromatic rings. The van der Waals surface area contributed by atoms with E-state index in [2.05, 4.69) is 0 Å². The predicted molar refractivity (Wildman–Crippen MR) is 50.9 cm³/mol. The van der Waals surface area contributed by atoms with Crippen molar-refractivity contribution in [1.82, 2.24) is 4.90 Å². The number of carbonyl (C=O) groups is 1. The molecule has 78 valence electrons.